The SMILES string of the molecule is c1ccc2c(c1)C1=NC2=NC2N=C(NC3NC(N=c4[nH]c(c5ccccc45)=N1)c1ccccc13)c1ccccc12. The fraction of sp³-hybridized carbons (Fsp3) is 0.0938. The van der Waals surface area contributed by atoms with Gasteiger partial charge in [-0.05, 0) is 11.1 Å². The Morgan fingerprint density at radius 2 is 1.18 bits per heavy atom. The molecule has 40 heavy (non-hydrogen) atoms. The van der Waals surface area contributed by atoms with Crippen LogP contribution in [0.3, 0.4) is 0 Å². The summed E-state index contributed by atoms with van der Waals surface area (Å²) in [6.07, 6.45) is -0.829. The van der Waals surface area contributed by atoms with Crippen LogP contribution in [0.2, 0.25) is 0 Å². The quantitative estimate of drug-likeness (QED) is 0.289. The van der Waals surface area contributed by atoms with Crippen LogP contribution in [0.1, 0.15) is 51.9 Å². The van der Waals surface area contributed by atoms with Gasteiger partial charge in [0, 0.05) is 33.0 Å². The maximum absolute atomic E-state index is 5.19. The van der Waals surface area contributed by atoms with E-state index in [9.17, 15) is 0 Å². The zero-order valence-electron chi connectivity index (χ0n) is 21.2. The molecule has 4 aliphatic heterocycles. The van der Waals surface area contributed by atoms with Crippen LogP contribution in [0.25, 0.3) is 10.8 Å². The second kappa shape index (κ2) is 8.14. The highest BCUT2D eigenvalue weighted by Gasteiger charge is 2.34. The maximum atomic E-state index is 5.19. The number of rotatable bonds is 0. The molecule has 0 radical (unpaired) electrons. The van der Waals surface area contributed by atoms with Crippen LogP contribution in [0.5, 0.6) is 0 Å². The Balaban J connectivity index is 1.34. The van der Waals surface area contributed by atoms with E-state index in [0.717, 1.165) is 61.0 Å². The molecule has 5 heterocycles. The van der Waals surface area contributed by atoms with Crippen molar-refractivity contribution in [2.75, 3.05) is 0 Å². The predicted octanol–water partition coefficient (Wildman–Crippen LogP) is 3.98. The number of aromatic nitrogens is 1. The molecule has 0 spiro atoms. The van der Waals surface area contributed by atoms with Gasteiger partial charge in [-0.25, -0.2) is 25.0 Å². The van der Waals surface area contributed by atoms with Gasteiger partial charge >= 0.3 is 0 Å². The molecule has 9 rings (SSSR count). The lowest BCUT2D eigenvalue weighted by atomic mass is 10.1. The molecule has 0 aliphatic carbocycles. The summed E-state index contributed by atoms with van der Waals surface area (Å²) in [6, 6.07) is 33.0. The maximum Gasteiger partial charge on any atom is 0.170 e. The molecule has 1 aromatic heterocycles. The third-order valence-corrected chi connectivity index (χ3v) is 7.97. The van der Waals surface area contributed by atoms with Crippen molar-refractivity contribution in [3.05, 3.63) is 141 Å². The lowest BCUT2D eigenvalue weighted by Crippen LogP contribution is -2.35. The first kappa shape index (κ1) is 21.7. The third-order valence-electron chi connectivity index (χ3n) is 7.97. The smallest absolute Gasteiger partial charge is 0.170 e. The summed E-state index contributed by atoms with van der Waals surface area (Å²) < 4.78 is 0. The molecule has 8 heteroatoms. The van der Waals surface area contributed by atoms with Crippen LogP contribution in [-0.2, 0) is 0 Å². The molecule has 8 nitrogen and oxygen atoms in total. The van der Waals surface area contributed by atoms with Crippen molar-refractivity contribution in [1.82, 2.24) is 15.6 Å². The zero-order chi connectivity index (χ0) is 26.2. The molecular weight excluding hydrogens is 496 g/mol. The molecule has 0 fully saturated rings. The van der Waals surface area contributed by atoms with Crippen LogP contribution >= 0.6 is 0 Å². The summed E-state index contributed by atoms with van der Waals surface area (Å²) in [7, 11) is 0. The number of aliphatic imine (C=N–C) groups is 3. The summed E-state index contributed by atoms with van der Waals surface area (Å²) >= 11 is 0. The summed E-state index contributed by atoms with van der Waals surface area (Å²) in [4.78, 5) is 28.8. The lowest BCUT2D eigenvalue weighted by Gasteiger charge is -2.17. The Bertz CT molecular complexity index is 2100. The second-order valence-electron chi connectivity index (χ2n) is 10.3. The van der Waals surface area contributed by atoms with E-state index < -0.39 is 6.17 Å². The highest BCUT2D eigenvalue weighted by molar-refractivity contribution is 6.22. The lowest BCUT2D eigenvalue weighted by molar-refractivity contribution is 0.479. The molecule has 0 saturated heterocycles. The molecule has 0 saturated carbocycles. The average molecular weight is 519 g/mol. The molecule has 3 unspecified atom stereocenters. The first-order valence-corrected chi connectivity index (χ1v) is 13.4. The van der Waals surface area contributed by atoms with Gasteiger partial charge in [-0.15, -0.1) is 0 Å². The fourth-order valence-corrected chi connectivity index (χ4v) is 6.10. The molecule has 0 amide bonds. The van der Waals surface area contributed by atoms with Gasteiger partial charge in [0.15, 0.2) is 17.8 Å². The van der Waals surface area contributed by atoms with Crippen LogP contribution in [0.15, 0.2) is 122 Å². The van der Waals surface area contributed by atoms with E-state index in [4.69, 9.17) is 25.0 Å². The van der Waals surface area contributed by atoms with E-state index in [1.54, 1.807) is 0 Å². The van der Waals surface area contributed by atoms with Gasteiger partial charge in [0.1, 0.15) is 29.1 Å². The number of amidine groups is 3. The second-order valence-corrected chi connectivity index (χ2v) is 10.3. The van der Waals surface area contributed by atoms with Crippen LogP contribution in [0.4, 0.5) is 0 Å². The van der Waals surface area contributed by atoms with Gasteiger partial charge < -0.3 is 10.3 Å². The molecule has 4 aromatic carbocycles. The van der Waals surface area contributed by atoms with Crippen molar-refractivity contribution in [3.8, 4) is 0 Å². The Kier molecular flexibility index (Phi) is 4.42. The van der Waals surface area contributed by atoms with Gasteiger partial charge in [-0.1, -0.05) is 97.1 Å². The largest absolute Gasteiger partial charge is 0.350 e. The Morgan fingerprint density at radius 3 is 2.00 bits per heavy atom. The van der Waals surface area contributed by atoms with Crippen molar-refractivity contribution < 1.29 is 0 Å². The molecular formula is C32H22N8. The summed E-state index contributed by atoms with van der Waals surface area (Å²) in [5, 5.41) is 9.38. The van der Waals surface area contributed by atoms with Crippen LogP contribution in [0, 0.1) is 0 Å². The minimum atomic E-state index is -0.409. The number of nitrogens with zero attached hydrogens (tertiary/aromatic N) is 5. The Hall–Kier alpha value is -5.21. The minimum Gasteiger partial charge on any atom is -0.350 e. The van der Waals surface area contributed by atoms with E-state index in [1.165, 1.54) is 0 Å². The van der Waals surface area contributed by atoms with Crippen molar-refractivity contribution in [1.29, 1.82) is 0 Å². The monoisotopic (exact) mass is 518 g/mol. The zero-order valence-corrected chi connectivity index (χ0v) is 21.2. The van der Waals surface area contributed by atoms with Crippen LogP contribution in [-0.4, -0.2) is 22.5 Å². The number of hydrogen-bond acceptors (Lipinski definition) is 7. The van der Waals surface area contributed by atoms with Crippen molar-refractivity contribution >= 4 is 28.3 Å². The topological polar surface area (TPSA) is 102 Å². The van der Waals surface area contributed by atoms with E-state index in [2.05, 4.69) is 64.1 Å². The normalized spacial score (nSPS) is 21.7. The molecule has 3 atom stereocenters. The molecule has 5 aromatic rings. The standard InChI is InChI=1S/C32H22N8/c1-2-10-18-17(9-1)25-33-26(18)38-28-21-13-5-6-14-22(21)30(35-28)40-32-24-16-8-7-15-23(24)31(36-32)39-29-20-12-4-3-11-19(20)27(34-29)37-25/h1-16,25-26,29,33H,(H,34,37)(H,35,36,38,39,40). The average Bonchev–Trinajstić information content (AvgIpc) is 3.73. The summed E-state index contributed by atoms with van der Waals surface area (Å²) in [5.41, 5.74) is 7.77. The molecule has 8 bridgehead atoms. The fourth-order valence-electron chi connectivity index (χ4n) is 6.10. The number of aromatic amines is 1. The van der Waals surface area contributed by atoms with Gasteiger partial charge in [-0.3, -0.25) is 5.32 Å². The minimum absolute atomic E-state index is 0.168. The van der Waals surface area contributed by atoms with E-state index >= 15 is 0 Å². The summed E-state index contributed by atoms with van der Waals surface area (Å²) in [6.45, 7) is 0. The van der Waals surface area contributed by atoms with Crippen molar-refractivity contribution in [2.24, 2.45) is 25.0 Å². The number of fused-ring (bicyclic) bond motifs is 18. The predicted molar refractivity (Wildman–Crippen MR) is 154 cm³/mol. The van der Waals surface area contributed by atoms with Gasteiger partial charge in [0.05, 0.1) is 0 Å². The Labute approximate surface area is 228 Å². The van der Waals surface area contributed by atoms with E-state index in [0.29, 0.717) is 11.7 Å². The highest BCUT2D eigenvalue weighted by atomic mass is 15.3. The molecule has 3 N–H and O–H groups in total. The van der Waals surface area contributed by atoms with Gasteiger partial charge in [0.25, 0.3) is 0 Å². The number of nitrogens with one attached hydrogen (secondary N) is 3. The number of benzene rings is 4. The van der Waals surface area contributed by atoms with E-state index in [1.807, 2.05) is 48.5 Å². The van der Waals surface area contributed by atoms with Crippen LogP contribution < -0.4 is 21.6 Å². The Morgan fingerprint density at radius 1 is 0.525 bits per heavy atom. The highest BCUT2D eigenvalue weighted by Crippen LogP contribution is 2.36. The third kappa shape index (κ3) is 3.14. The summed E-state index contributed by atoms with van der Waals surface area (Å²) in [5.74, 6) is 2.06. The van der Waals surface area contributed by atoms with E-state index in [-0.39, 0.29) is 12.3 Å². The molecule has 4 aliphatic rings. The number of H-pyrrole nitrogens is 1. The van der Waals surface area contributed by atoms with Crippen molar-refractivity contribution in [3.63, 3.8) is 0 Å². The molecule has 190 valence electrons. The van der Waals surface area contributed by atoms with Crippen molar-refractivity contribution in [2.45, 2.75) is 18.5 Å². The number of hydrogen-bond donors (Lipinski definition) is 3. The van der Waals surface area contributed by atoms with Gasteiger partial charge in [-0.2, -0.15) is 0 Å². The van der Waals surface area contributed by atoms with Gasteiger partial charge in [0.2, 0.25) is 0 Å². The first-order valence-electron chi connectivity index (χ1n) is 13.4. The first-order chi connectivity index (χ1) is 19.8.